The molecule has 0 saturated heterocycles. The number of nitrogens with zero attached hydrogens (tertiary/aromatic N) is 3. The highest BCUT2D eigenvalue weighted by molar-refractivity contribution is 14.0. The van der Waals surface area contributed by atoms with Crippen LogP contribution in [0.2, 0.25) is 0 Å². The lowest BCUT2D eigenvalue weighted by Gasteiger charge is -2.25. The molecule has 132 valence electrons. The Labute approximate surface area is 159 Å². The Morgan fingerprint density at radius 2 is 2.00 bits per heavy atom. The van der Waals surface area contributed by atoms with Gasteiger partial charge in [-0.3, -0.25) is 0 Å². The molecule has 0 spiro atoms. The van der Waals surface area contributed by atoms with Crippen LogP contribution in [-0.2, 0) is 12.1 Å². The SMILES string of the molecule is CCNC(=NCc1noc(C)n1)NCC(C)(O)c1ccccc1.I. The number of aliphatic imine (C=N–C) groups is 1. The van der Waals surface area contributed by atoms with Crippen LogP contribution in [0.1, 0.15) is 31.1 Å². The average Bonchev–Trinajstić information content (AvgIpc) is 2.96. The Morgan fingerprint density at radius 3 is 2.58 bits per heavy atom. The monoisotopic (exact) mass is 445 g/mol. The summed E-state index contributed by atoms with van der Waals surface area (Å²) in [6.07, 6.45) is 0. The van der Waals surface area contributed by atoms with Crippen LogP contribution in [-0.4, -0.2) is 34.3 Å². The summed E-state index contributed by atoms with van der Waals surface area (Å²) in [6, 6.07) is 9.52. The van der Waals surface area contributed by atoms with Crippen molar-refractivity contribution < 1.29 is 9.63 Å². The van der Waals surface area contributed by atoms with E-state index in [4.69, 9.17) is 4.52 Å². The second kappa shape index (κ2) is 9.58. The molecule has 0 amide bonds. The van der Waals surface area contributed by atoms with Gasteiger partial charge in [-0.1, -0.05) is 35.5 Å². The van der Waals surface area contributed by atoms with Crippen molar-refractivity contribution in [3.63, 3.8) is 0 Å². The lowest BCUT2D eigenvalue weighted by Crippen LogP contribution is -2.44. The van der Waals surface area contributed by atoms with Crippen LogP contribution in [0.3, 0.4) is 0 Å². The number of hydrogen-bond donors (Lipinski definition) is 3. The van der Waals surface area contributed by atoms with Gasteiger partial charge in [0.25, 0.3) is 0 Å². The molecular formula is C16H24IN5O2. The number of benzene rings is 1. The molecule has 0 bridgehead atoms. The first-order chi connectivity index (χ1) is 11.0. The molecule has 1 unspecified atom stereocenters. The van der Waals surface area contributed by atoms with Gasteiger partial charge in [-0.05, 0) is 19.4 Å². The third kappa shape index (κ3) is 6.08. The van der Waals surface area contributed by atoms with Crippen LogP contribution >= 0.6 is 24.0 Å². The normalized spacial score (nSPS) is 13.8. The fourth-order valence-corrected chi connectivity index (χ4v) is 2.05. The molecular weight excluding hydrogens is 421 g/mol. The molecule has 7 nitrogen and oxygen atoms in total. The molecule has 1 aromatic heterocycles. The van der Waals surface area contributed by atoms with E-state index in [2.05, 4.69) is 25.8 Å². The lowest BCUT2D eigenvalue weighted by atomic mass is 9.96. The molecule has 2 rings (SSSR count). The smallest absolute Gasteiger partial charge is 0.223 e. The van der Waals surface area contributed by atoms with Gasteiger partial charge in [-0.25, -0.2) is 4.99 Å². The molecule has 0 aliphatic heterocycles. The van der Waals surface area contributed by atoms with E-state index in [-0.39, 0.29) is 24.0 Å². The first kappa shape index (κ1) is 20.4. The Morgan fingerprint density at radius 1 is 1.29 bits per heavy atom. The fourth-order valence-electron chi connectivity index (χ4n) is 2.05. The molecule has 3 N–H and O–H groups in total. The number of guanidine groups is 1. The average molecular weight is 445 g/mol. The van der Waals surface area contributed by atoms with Crippen molar-refractivity contribution in [3.05, 3.63) is 47.6 Å². The molecule has 0 radical (unpaired) electrons. The quantitative estimate of drug-likeness (QED) is 0.358. The van der Waals surface area contributed by atoms with E-state index in [1.54, 1.807) is 13.8 Å². The third-order valence-corrected chi connectivity index (χ3v) is 3.29. The number of aromatic nitrogens is 2. The van der Waals surface area contributed by atoms with Gasteiger partial charge in [0.15, 0.2) is 11.8 Å². The van der Waals surface area contributed by atoms with Gasteiger partial charge < -0.3 is 20.3 Å². The van der Waals surface area contributed by atoms with Crippen LogP contribution < -0.4 is 10.6 Å². The van der Waals surface area contributed by atoms with Crippen molar-refractivity contribution in [1.82, 2.24) is 20.8 Å². The molecule has 1 atom stereocenters. The van der Waals surface area contributed by atoms with Gasteiger partial charge in [0, 0.05) is 13.5 Å². The standard InChI is InChI=1S/C16H23N5O2.HI/c1-4-17-15(18-10-14-20-12(2)23-21-14)19-11-16(3,22)13-8-6-5-7-9-13;/h5-9,22H,4,10-11H2,1-3H3,(H2,17,18,19);1H. The fraction of sp³-hybridized carbons (Fsp3) is 0.438. The molecule has 0 saturated carbocycles. The maximum atomic E-state index is 10.6. The van der Waals surface area contributed by atoms with Crippen molar-refractivity contribution in [1.29, 1.82) is 0 Å². The molecule has 0 aliphatic rings. The van der Waals surface area contributed by atoms with Crippen LogP contribution in [0.15, 0.2) is 39.8 Å². The number of aliphatic hydroxyl groups is 1. The topological polar surface area (TPSA) is 95.6 Å². The first-order valence-electron chi connectivity index (χ1n) is 7.60. The minimum Gasteiger partial charge on any atom is -0.384 e. The number of aryl methyl sites for hydroxylation is 1. The van der Waals surface area contributed by atoms with E-state index in [9.17, 15) is 5.11 Å². The number of rotatable bonds is 6. The van der Waals surface area contributed by atoms with E-state index >= 15 is 0 Å². The second-order valence-electron chi connectivity index (χ2n) is 5.42. The molecule has 24 heavy (non-hydrogen) atoms. The zero-order valence-corrected chi connectivity index (χ0v) is 16.4. The van der Waals surface area contributed by atoms with Gasteiger partial charge >= 0.3 is 0 Å². The molecule has 8 heteroatoms. The zero-order chi connectivity index (χ0) is 16.7. The Balaban J connectivity index is 0.00000288. The van der Waals surface area contributed by atoms with Crippen molar-refractivity contribution in [2.45, 2.75) is 32.9 Å². The maximum Gasteiger partial charge on any atom is 0.223 e. The van der Waals surface area contributed by atoms with Gasteiger partial charge in [0.05, 0.1) is 6.54 Å². The first-order valence-corrected chi connectivity index (χ1v) is 7.60. The molecule has 2 aromatic rings. The summed E-state index contributed by atoms with van der Waals surface area (Å²) in [6.45, 7) is 6.83. The van der Waals surface area contributed by atoms with Crippen LogP contribution in [0.4, 0.5) is 0 Å². The van der Waals surface area contributed by atoms with E-state index in [1.807, 2.05) is 37.3 Å². The molecule has 0 aliphatic carbocycles. The Kier molecular flexibility index (Phi) is 8.13. The summed E-state index contributed by atoms with van der Waals surface area (Å²) in [4.78, 5) is 8.50. The van der Waals surface area contributed by atoms with Crippen LogP contribution in [0, 0.1) is 6.92 Å². The third-order valence-electron chi connectivity index (χ3n) is 3.29. The Bertz CT molecular complexity index is 643. The molecule has 0 fully saturated rings. The molecule has 1 aromatic carbocycles. The minimum absolute atomic E-state index is 0. The number of nitrogens with one attached hydrogen (secondary N) is 2. The van der Waals surface area contributed by atoms with Gasteiger partial charge in [0.1, 0.15) is 12.1 Å². The summed E-state index contributed by atoms with van der Waals surface area (Å²) < 4.78 is 4.92. The number of hydrogen-bond acceptors (Lipinski definition) is 5. The number of halogens is 1. The van der Waals surface area contributed by atoms with Gasteiger partial charge in [0.2, 0.25) is 5.89 Å². The zero-order valence-electron chi connectivity index (χ0n) is 14.1. The second-order valence-corrected chi connectivity index (χ2v) is 5.42. The van der Waals surface area contributed by atoms with Gasteiger partial charge in [-0.2, -0.15) is 4.98 Å². The van der Waals surface area contributed by atoms with E-state index < -0.39 is 5.60 Å². The molecule has 1 heterocycles. The summed E-state index contributed by atoms with van der Waals surface area (Å²) >= 11 is 0. The predicted octanol–water partition coefficient (Wildman–Crippen LogP) is 1.96. The van der Waals surface area contributed by atoms with Gasteiger partial charge in [-0.15, -0.1) is 24.0 Å². The predicted molar refractivity (Wildman–Crippen MR) is 103 cm³/mol. The highest BCUT2D eigenvalue weighted by Crippen LogP contribution is 2.18. The van der Waals surface area contributed by atoms with Crippen LogP contribution in [0.25, 0.3) is 0 Å². The highest BCUT2D eigenvalue weighted by Gasteiger charge is 2.22. The summed E-state index contributed by atoms with van der Waals surface area (Å²) in [5.74, 6) is 1.63. The van der Waals surface area contributed by atoms with Crippen molar-refractivity contribution in [3.8, 4) is 0 Å². The van der Waals surface area contributed by atoms with Crippen molar-refractivity contribution >= 4 is 29.9 Å². The van der Waals surface area contributed by atoms with Crippen molar-refractivity contribution in [2.75, 3.05) is 13.1 Å². The summed E-state index contributed by atoms with van der Waals surface area (Å²) in [5, 5.41) is 20.7. The highest BCUT2D eigenvalue weighted by atomic mass is 127. The van der Waals surface area contributed by atoms with Crippen molar-refractivity contribution in [2.24, 2.45) is 4.99 Å². The van der Waals surface area contributed by atoms with E-state index in [0.29, 0.717) is 37.3 Å². The van der Waals surface area contributed by atoms with Crippen LogP contribution in [0.5, 0.6) is 0 Å². The van der Waals surface area contributed by atoms with E-state index in [1.165, 1.54) is 0 Å². The Hall–Kier alpha value is -1.68. The summed E-state index contributed by atoms with van der Waals surface area (Å²) in [7, 11) is 0. The minimum atomic E-state index is -1.000. The van der Waals surface area contributed by atoms with E-state index in [0.717, 1.165) is 5.56 Å². The maximum absolute atomic E-state index is 10.6. The summed E-state index contributed by atoms with van der Waals surface area (Å²) in [5.41, 5.74) is -0.155. The largest absolute Gasteiger partial charge is 0.384 e. The lowest BCUT2D eigenvalue weighted by molar-refractivity contribution is 0.0617.